The van der Waals surface area contributed by atoms with Gasteiger partial charge in [0.1, 0.15) is 0 Å². The van der Waals surface area contributed by atoms with Gasteiger partial charge in [0.15, 0.2) is 0 Å². The number of para-hydroxylation sites is 1. The van der Waals surface area contributed by atoms with Crippen molar-refractivity contribution in [2.45, 2.75) is 0 Å². The summed E-state index contributed by atoms with van der Waals surface area (Å²) in [5.41, 5.74) is 11.1. The second-order valence-corrected chi connectivity index (χ2v) is 14.0. The molecule has 0 N–H and O–H groups in total. The largest absolute Gasteiger partial charge is 0.309 e. The van der Waals surface area contributed by atoms with Crippen molar-refractivity contribution in [1.29, 1.82) is 0 Å². The van der Waals surface area contributed by atoms with Gasteiger partial charge < -0.3 is 4.57 Å². The Kier molecular flexibility index (Phi) is 6.62. The summed E-state index contributed by atoms with van der Waals surface area (Å²) in [5.74, 6) is 0. The zero-order valence-electron chi connectivity index (χ0n) is 29.0. The highest BCUT2D eigenvalue weighted by Crippen LogP contribution is 2.47. The van der Waals surface area contributed by atoms with E-state index in [-0.39, 0.29) is 0 Å². The van der Waals surface area contributed by atoms with Crippen LogP contribution in [0.3, 0.4) is 0 Å². The first-order valence-corrected chi connectivity index (χ1v) is 18.4. The minimum Gasteiger partial charge on any atom is -0.309 e. The van der Waals surface area contributed by atoms with E-state index in [4.69, 9.17) is 0 Å². The van der Waals surface area contributed by atoms with E-state index in [1.54, 1.807) is 0 Å². The average molecular weight is 672 g/mol. The number of hydrogen-bond acceptors (Lipinski definition) is 0. The molecular weight excluding hydrogens is 639 g/mol. The highest BCUT2D eigenvalue weighted by molar-refractivity contribution is 6.28. The molecule has 0 amide bonds. The van der Waals surface area contributed by atoms with Crippen LogP contribution >= 0.6 is 0 Å². The van der Waals surface area contributed by atoms with E-state index in [9.17, 15) is 0 Å². The standard InChI is InChI=1S/C52H33N/c1-3-15-34(16-4-1)46-33-47-41-22-13-14-26-48(41)53(52(47)44-25-12-9-21-40(44)46)38-30-27-37(28-31-38)49-42-23-10-11-24-43(42)50(36-18-5-2-6-19-36)51-39-20-8-7-17-35(39)29-32-45(49)51/h1-33H. The second-order valence-electron chi connectivity index (χ2n) is 14.0. The van der Waals surface area contributed by atoms with E-state index in [1.807, 2.05) is 0 Å². The number of aromatic nitrogens is 1. The molecule has 10 aromatic carbocycles. The highest BCUT2D eigenvalue weighted by Gasteiger charge is 2.20. The van der Waals surface area contributed by atoms with Crippen LogP contribution in [0.2, 0.25) is 0 Å². The number of rotatable bonds is 4. The minimum absolute atomic E-state index is 1.15. The monoisotopic (exact) mass is 671 g/mol. The van der Waals surface area contributed by atoms with Crippen LogP contribution in [0.5, 0.6) is 0 Å². The van der Waals surface area contributed by atoms with Gasteiger partial charge in [-0.15, -0.1) is 0 Å². The molecule has 0 atom stereocenters. The maximum absolute atomic E-state index is 2.47. The van der Waals surface area contributed by atoms with Crippen molar-refractivity contribution in [2.75, 3.05) is 0 Å². The first-order valence-electron chi connectivity index (χ1n) is 18.4. The Morgan fingerprint density at radius 2 is 0.849 bits per heavy atom. The van der Waals surface area contributed by atoms with Crippen LogP contribution < -0.4 is 0 Å². The molecular formula is C52H33N. The number of hydrogen-bond donors (Lipinski definition) is 0. The van der Waals surface area contributed by atoms with Crippen LogP contribution in [-0.2, 0) is 0 Å². The van der Waals surface area contributed by atoms with Crippen molar-refractivity contribution in [3.63, 3.8) is 0 Å². The maximum Gasteiger partial charge on any atom is 0.0619 e. The summed E-state index contributed by atoms with van der Waals surface area (Å²) < 4.78 is 2.47. The summed E-state index contributed by atoms with van der Waals surface area (Å²) in [6.45, 7) is 0. The zero-order valence-corrected chi connectivity index (χ0v) is 29.0. The normalized spacial score (nSPS) is 11.8. The Labute approximate surface area is 307 Å². The van der Waals surface area contributed by atoms with E-state index in [1.165, 1.54) is 98.3 Å². The van der Waals surface area contributed by atoms with Crippen molar-refractivity contribution in [3.8, 4) is 39.1 Å². The molecule has 0 saturated carbocycles. The Morgan fingerprint density at radius 1 is 0.302 bits per heavy atom. The first-order chi connectivity index (χ1) is 26.3. The van der Waals surface area contributed by atoms with Gasteiger partial charge in [0, 0.05) is 21.8 Å². The molecule has 0 aliphatic rings. The molecule has 53 heavy (non-hydrogen) atoms. The zero-order chi connectivity index (χ0) is 34.9. The first kappa shape index (κ1) is 29.7. The Bertz CT molecular complexity index is 3190. The smallest absolute Gasteiger partial charge is 0.0619 e. The third kappa shape index (κ3) is 4.51. The summed E-state index contributed by atoms with van der Waals surface area (Å²) in [6.07, 6.45) is 0. The predicted molar refractivity (Wildman–Crippen MR) is 227 cm³/mol. The molecule has 0 aliphatic carbocycles. The molecule has 0 radical (unpaired) electrons. The summed E-state index contributed by atoms with van der Waals surface area (Å²) >= 11 is 0. The van der Waals surface area contributed by atoms with Crippen molar-refractivity contribution < 1.29 is 0 Å². The van der Waals surface area contributed by atoms with Crippen LogP contribution in [0.1, 0.15) is 0 Å². The van der Waals surface area contributed by atoms with E-state index in [0.717, 1.165) is 5.69 Å². The molecule has 0 unspecified atom stereocenters. The summed E-state index contributed by atoms with van der Waals surface area (Å²) in [5, 5.41) is 12.7. The van der Waals surface area contributed by atoms with Crippen LogP contribution in [0, 0.1) is 0 Å². The molecule has 0 aliphatic heterocycles. The topological polar surface area (TPSA) is 4.93 Å². The van der Waals surface area contributed by atoms with Gasteiger partial charge in [-0.2, -0.15) is 0 Å². The van der Waals surface area contributed by atoms with Gasteiger partial charge in [-0.25, -0.2) is 0 Å². The molecule has 0 bridgehead atoms. The molecule has 11 aromatic rings. The predicted octanol–water partition coefficient (Wildman–Crippen LogP) is 14.4. The fourth-order valence-corrected chi connectivity index (χ4v) is 8.89. The molecule has 0 saturated heterocycles. The quantitative estimate of drug-likeness (QED) is 0.130. The third-order valence-corrected chi connectivity index (χ3v) is 11.2. The van der Waals surface area contributed by atoms with Crippen LogP contribution in [-0.4, -0.2) is 4.57 Å². The molecule has 1 nitrogen and oxygen atoms in total. The lowest BCUT2D eigenvalue weighted by Crippen LogP contribution is -1.96. The summed E-state index contributed by atoms with van der Waals surface area (Å²) in [4.78, 5) is 0. The van der Waals surface area contributed by atoms with Gasteiger partial charge in [-0.05, 0) is 95.3 Å². The molecule has 0 fully saturated rings. The second kappa shape index (κ2) is 11.8. The van der Waals surface area contributed by atoms with Gasteiger partial charge in [0.05, 0.1) is 11.0 Å². The SMILES string of the molecule is c1ccc(-c2cc3c4ccccc4n(-c4ccc(-c5c6ccccc6c(-c6ccccc6)c6c5ccc5ccccc56)cc4)c3c3ccccc23)cc1. The lowest BCUT2D eigenvalue weighted by Gasteiger charge is -2.19. The molecule has 11 rings (SSSR count). The molecule has 1 heterocycles. The fraction of sp³-hybridized carbons (Fsp3) is 0. The Balaban J connectivity index is 1.18. The summed E-state index contributed by atoms with van der Waals surface area (Å²) in [6, 6.07) is 73.4. The minimum atomic E-state index is 1.15. The summed E-state index contributed by atoms with van der Waals surface area (Å²) in [7, 11) is 0. The van der Waals surface area contributed by atoms with Crippen molar-refractivity contribution in [2.24, 2.45) is 0 Å². The number of fused-ring (bicyclic) bond motifs is 9. The van der Waals surface area contributed by atoms with Gasteiger partial charge in [0.2, 0.25) is 0 Å². The van der Waals surface area contributed by atoms with Gasteiger partial charge in [-0.1, -0.05) is 176 Å². The van der Waals surface area contributed by atoms with E-state index in [0.29, 0.717) is 0 Å². The van der Waals surface area contributed by atoms with Crippen LogP contribution in [0.25, 0.3) is 104 Å². The molecule has 1 heteroatoms. The van der Waals surface area contributed by atoms with Crippen molar-refractivity contribution in [3.05, 3.63) is 200 Å². The third-order valence-electron chi connectivity index (χ3n) is 11.2. The molecule has 0 spiro atoms. The Hall–Kier alpha value is -6.96. The van der Waals surface area contributed by atoms with Crippen LogP contribution in [0.4, 0.5) is 0 Å². The maximum atomic E-state index is 2.47. The van der Waals surface area contributed by atoms with E-state index < -0.39 is 0 Å². The van der Waals surface area contributed by atoms with Crippen molar-refractivity contribution >= 4 is 64.9 Å². The lowest BCUT2D eigenvalue weighted by atomic mass is 9.84. The highest BCUT2D eigenvalue weighted by atomic mass is 15.0. The van der Waals surface area contributed by atoms with Crippen molar-refractivity contribution in [1.82, 2.24) is 4.57 Å². The van der Waals surface area contributed by atoms with E-state index >= 15 is 0 Å². The van der Waals surface area contributed by atoms with E-state index in [2.05, 4.69) is 205 Å². The van der Waals surface area contributed by atoms with Gasteiger partial charge in [0.25, 0.3) is 0 Å². The Morgan fingerprint density at radius 3 is 1.58 bits per heavy atom. The van der Waals surface area contributed by atoms with Gasteiger partial charge >= 0.3 is 0 Å². The lowest BCUT2D eigenvalue weighted by molar-refractivity contribution is 1.19. The average Bonchev–Trinajstić information content (AvgIpc) is 3.57. The molecule has 246 valence electrons. The number of nitrogens with zero attached hydrogens (tertiary/aromatic N) is 1. The van der Waals surface area contributed by atoms with Crippen LogP contribution in [0.15, 0.2) is 200 Å². The number of benzene rings is 10. The molecule has 1 aromatic heterocycles. The fourth-order valence-electron chi connectivity index (χ4n) is 8.89. The van der Waals surface area contributed by atoms with Gasteiger partial charge in [-0.3, -0.25) is 0 Å².